The van der Waals surface area contributed by atoms with Crippen LogP contribution in [0.5, 0.6) is 0 Å². The fourth-order valence-electron chi connectivity index (χ4n) is 6.13. The van der Waals surface area contributed by atoms with Crippen molar-refractivity contribution < 1.29 is 0 Å². The lowest BCUT2D eigenvalue weighted by Crippen LogP contribution is -1.89. The SMILES string of the molecule is c1cc2c(s1)-c1ccc(s1)-c1sccc1CCCCCCc1ccsc1-c1ccc(s1)-c1sccc1CCCCCC2. The Morgan fingerprint density at radius 3 is 0.833 bits per heavy atom. The zero-order valence-corrected chi connectivity index (χ0v) is 28.8. The molecule has 0 N–H and O–H groups in total. The molecule has 1 aliphatic rings. The molecule has 0 atom stereocenters. The van der Waals surface area contributed by atoms with E-state index in [0.29, 0.717) is 0 Å². The summed E-state index contributed by atoms with van der Waals surface area (Å²) in [5.74, 6) is 0. The standard InChI is InChI=1S/C36H36S6/c1-2-6-10-26-18-22-38-34(26)30-15-16-32(42-30)36-28(20-24-40-36)12-8-4-3-7-11-27-19-23-39-35(27)31-14-13-29(41-31)33-25(9-5-1)17-21-37-33/h13-24H,1-12H2. The molecule has 0 fully saturated rings. The molecule has 0 amide bonds. The Hall–Kier alpha value is -1.80. The van der Waals surface area contributed by atoms with Crippen LogP contribution in [0.25, 0.3) is 39.0 Å². The van der Waals surface area contributed by atoms with E-state index in [1.807, 2.05) is 68.0 Å². The maximum Gasteiger partial charge on any atom is 0.0474 e. The summed E-state index contributed by atoms with van der Waals surface area (Å²) in [5.41, 5.74) is 6.18. The summed E-state index contributed by atoms with van der Waals surface area (Å²) in [5, 5.41) is 9.19. The van der Waals surface area contributed by atoms with E-state index >= 15 is 0 Å². The minimum Gasteiger partial charge on any atom is -0.143 e. The first-order valence-electron chi connectivity index (χ1n) is 15.3. The number of fused-ring (bicyclic) bond motifs is 12. The van der Waals surface area contributed by atoms with Gasteiger partial charge in [-0.25, -0.2) is 0 Å². The summed E-state index contributed by atoms with van der Waals surface area (Å²) in [6.07, 6.45) is 15.2. The lowest BCUT2D eigenvalue weighted by molar-refractivity contribution is 0.642. The zero-order chi connectivity index (χ0) is 28.1. The molecule has 42 heavy (non-hydrogen) atoms. The van der Waals surface area contributed by atoms with E-state index in [-0.39, 0.29) is 0 Å². The van der Waals surface area contributed by atoms with Crippen molar-refractivity contribution in [2.75, 3.05) is 0 Å². The van der Waals surface area contributed by atoms with Gasteiger partial charge in [-0.1, -0.05) is 25.7 Å². The first-order valence-corrected chi connectivity index (χ1v) is 20.5. The summed E-state index contributed by atoms with van der Waals surface area (Å²) in [7, 11) is 0. The van der Waals surface area contributed by atoms with Crippen LogP contribution in [0.4, 0.5) is 0 Å². The smallest absolute Gasteiger partial charge is 0.0474 e. The van der Waals surface area contributed by atoms with Crippen molar-refractivity contribution in [1.82, 2.24) is 0 Å². The highest BCUT2D eigenvalue weighted by Crippen LogP contribution is 2.44. The topological polar surface area (TPSA) is 0 Å². The van der Waals surface area contributed by atoms with Gasteiger partial charge in [-0.2, -0.15) is 0 Å². The van der Waals surface area contributed by atoms with E-state index in [9.17, 15) is 0 Å². The molecular formula is C36H36S6. The third-order valence-electron chi connectivity index (χ3n) is 8.38. The molecule has 6 heteroatoms. The Bertz CT molecular complexity index is 1460. The lowest BCUT2D eigenvalue weighted by Gasteiger charge is -2.06. The maximum atomic E-state index is 2.37. The van der Waals surface area contributed by atoms with Gasteiger partial charge in [-0.3, -0.25) is 0 Å². The average molecular weight is 661 g/mol. The van der Waals surface area contributed by atoms with Crippen molar-refractivity contribution >= 4 is 68.0 Å². The van der Waals surface area contributed by atoms with Crippen LogP contribution in [0.2, 0.25) is 0 Å². The van der Waals surface area contributed by atoms with Crippen LogP contribution in [0.15, 0.2) is 70.1 Å². The van der Waals surface area contributed by atoms with Gasteiger partial charge < -0.3 is 0 Å². The Balaban J connectivity index is 1.09. The van der Waals surface area contributed by atoms with Crippen molar-refractivity contribution in [3.05, 3.63) is 92.3 Å². The fraction of sp³-hybridized carbons (Fsp3) is 0.333. The van der Waals surface area contributed by atoms with Gasteiger partial charge in [0.15, 0.2) is 0 Å². The van der Waals surface area contributed by atoms with E-state index in [2.05, 4.69) is 70.1 Å². The Kier molecular flexibility index (Phi) is 9.56. The third kappa shape index (κ3) is 6.50. The quantitative estimate of drug-likeness (QED) is 0.152. The largest absolute Gasteiger partial charge is 0.143 e. The van der Waals surface area contributed by atoms with Crippen LogP contribution < -0.4 is 0 Å². The minimum absolute atomic E-state index is 1.20. The maximum absolute atomic E-state index is 2.37. The van der Waals surface area contributed by atoms with Crippen LogP contribution in [0, 0.1) is 0 Å². The predicted octanol–water partition coefficient (Wildman–Crippen LogP) is 13.7. The molecule has 7 rings (SSSR count). The molecule has 0 saturated carbocycles. The van der Waals surface area contributed by atoms with Gasteiger partial charge >= 0.3 is 0 Å². The highest BCUT2D eigenvalue weighted by molar-refractivity contribution is 7.26. The summed E-state index contributed by atoms with van der Waals surface area (Å²) in [4.78, 5) is 11.8. The summed E-state index contributed by atoms with van der Waals surface area (Å²) >= 11 is 11.7. The van der Waals surface area contributed by atoms with E-state index < -0.39 is 0 Å². The second-order valence-electron chi connectivity index (χ2n) is 11.3. The van der Waals surface area contributed by atoms with Crippen molar-refractivity contribution in [1.29, 1.82) is 0 Å². The normalized spacial score (nSPS) is 15.4. The summed E-state index contributed by atoms with van der Waals surface area (Å²) in [6, 6.07) is 19.0. The highest BCUT2D eigenvalue weighted by atomic mass is 32.1. The van der Waals surface area contributed by atoms with Crippen LogP contribution in [-0.2, 0) is 25.7 Å². The van der Waals surface area contributed by atoms with Gasteiger partial charge in [0, 0.05) is 39.0 Å². The number of hydrogen-bond acceptors (Lipinski definition) is 6. The molecule has 0 spiro atoms. The molecule has 1 aliphatic heterocycles. The van der Waals surface area contributed by atoms with Crippen LogP contribution in [-0.4, -0.2) is 0 Å². The second-order valence-corrected chi connectivity index (χ2v) is 17.1. The number of rotatable bonds is 0. The molecule has 0 saturated heterocycles. The highest BCUT2D eigenvalue weighted by Gasteiger charge is 2.16. The molecule has 6 aromatic heterocycles. The van der Waals surface area contributed by atoms with E-state index in [1.165, 1.54) is 116 Å². The second kappa shape index (κ2) is 13.9. The number of hydrogen-bond donors (Lipinski definition) is 0. The monoisotopic (exact) mass is 660 g/mol. The summed E-state index contributed by atoms with van der Waals surface area (Å²) in [6.45, 7) is 0. The zero-order valence-electron chi connectivity index (χ0n) is 23.9. The molecule has 0 unspecified atom stereocenters. The van der Waals surface area contributed by atoms with Gasteiger partial charge in [0.1, 0.15) is 0 Å². The van der Waals surface area contributed by atoms with Gasteiger partial charge in [0.25, 0.3) is 0 Å². The Morgan fingerprint density at radius 1 is 0.310 bits per heavy atom. The van der Waals surface area contributed by atoms with Crippen molar-refractivity contribution in [2.45, 2.75) is 77.0 Å². The van der Waals surface area contributed by atoms with Gasteiger partial charge in [-0.05, 0) is 144 Å². The molecule has 216 valence electrons. The van der Waals surface area contributed by atoms with Gasteiger partial charge in [0.05, 0.1) is 0 Å². The molecule has 0 aromatic carbocycles. The van der Waals surface area contributed by atoms with E-state index in [0.717, 1.165) is 0 Å². The van der Waals surface area contributed by atoms with Crippen LogP contribution in [0.3, 0.4) is 0 Å². The lowest BCUT2D eigenvalue weighted by atomic mass is 10.0. The van der Waals surface area contributed by atoms with E-state index in [4.69, 9.17) is 0 Å². The average Bonchev–Trinajstić information content (AvgIpc) is 3.83. The molecule has 0 nitrogen and oxygen atoms in total. The Morgan fingerprint density at radius 2 is 0.571 bits per heavy atom. The third-order valence-corrected chi connectivity index (χ3v) is 15.1. The minimum atomic E-state index is 1.20. The predicted molar refractivity (Wildman–Crippen MR) is 194 cm³/mol. The molecule has 7 heterocycles. The summed E-state index contributed by atoms with van der Waals surface area (Å²) < 4.78 is 0. The van der Waals surface area contributed by atoms with Crippen molar-refractivity contribution in [3.63, 3.8) is 0 Å². The molecule has 0 aliphatic carbocycles. The molecular weight excluding hydrogens is 625 g/mol. The molecule has 4 bridgehead atoms. The van der Waals surface area contributed by atoms with Gasteiger partial charge in [-0.15, -0.1) is 68.0 Å². The number of aryl methyl sites for hydroxylation is 4. The van der Waals surface area contributed by atoms with Crippen molar-refractivity contribution in [2.24, 2.45) is 0 Å². The molecule has 0 radical (unpaired) electrons. The van der Waals surface area contributed by atoms with Crippen LogP contribution in [0.1, 0.15) is 73.6 Å². The van der Waals surface area contributed by atoms with Crippen molar-refractivity contribution in [3.8, 4) is 39.0 Å². The van der Waals surface area contributed by atoms with Gasteiger partial charge in [0.2, 0.25) is 0 Å². The number of thiophene rings is 6. The Labute approximate surface area is 274 Å². The molecule has 6 aromatic rings. The van der Waals surface area contributed by atoms with Crippen LogP contribution >= 0.6 is 68.0 Å². The fourth-order valence-corrected chi connectivity index (χ4v) is 12.6. The van der Waals surface area contributed by atoms with E-state index in [1.54, 1.807) is 22.3 Å². The first-order chi connectivity index (χ1) is 20.8. The first kappa shape index (κ1) is 28.9.